The van der Waals surface area contributed by atoms with Crippen LogP contribution in [0.2, 0.25) is 0 Å². The zero-order valence-corrected chi connectivity index (χ0v) is 9.61. The number of carboxylic acids is 1. The van der Waals surface area contributed by atoms with E-state index in [0.29, 0.717) is 12.2 Å². The summed E-state index contributed by atoms with van der Waals surface area (Å²) in [5, 5.41) is 20.4. The van der Waals surface area contributed by atoms with Gasteiger partial charge >= 0.3 is 5.97 Å². The summed E-state index contributed by atoms with van der Waals surface area (Å²) in [6, 6.07) is 3.27. The van der Waals surface area contributed by atoms with Gasteiger partial charge in [0.25, 0.3) is 0 Å². The summed E-state index contributed by atoms with van der Waals surface area (Å²) in [5.74, 6) is -0.880. The Kier molecular flexibility index (Phi) is 3.69. The fraction of sp³-hybridized carbons (Fsp3) is 0.455. The molecule has 0 aliphatic rings. The molecule has 1 aromatic heterocycles. The van der Waals surface area contributed by atoms with Crippen molar-refractivity contribution in [3.05, 3.63) is 23.0 Å². The zero-order valence-electron chi connectivity index (χ0n) is 9.61. The monoisotopic (exact) mass is 221 g/mol. The van der Waals surface area contributed by atoms with Crippen molar-refractivity contribution in [1.29, 1.82) is 5.26 Å². The molecule has 0 amide bonds. The molecule has 5 heteroatoms. The first-order chi connectivity index (χ1) is 7.47. The van der Waals surface area contributed by atoms with Crippen molar-refractivity contribution < 1.29 is 9.90 Å². The van der Waals surface area contributed by atoms with Crippen molar-refractivity contribution in [2.45, 2.75) is 26.4 Å². The maximum absolute atomic E-state index is 10.6. The third kappa shape index (κ3) is 2.41. The first-order valence-electron chi connectivity index (χ1n) is 4.98. The van der Waals surface area contributed by atoms with Crippen LogP contribution >= 0.6 is 0 Å². The zero-order chi connectivity index (χ0) is 12.3. The highest BCUT2D eigenvalue weighted by atomic mass is 16.4. The Morgan fingerprint density at radius 1 is 1.75 bits per heavy atom. The van der Waals surface area contributed by atoms with Gasteiger partial charge in [-0.25, -0.2) is 0 Å². The molecule has 1 heterocycles. The van der Waals surface area contributed by atoms with Gasteiger partial charge in [0.2, 0.25) is 0 Å². The number of nitrogens with zero attached hydrogens (tertiary/aromatic N) is 2. The summed E-state index contributed by atoms with van der Waals surface area (Å²) in [7, 11) is 1.82. The average molecular weight is 221 g/mol. The molecule has 86 valence electrons. The minimum Gasteiger partial charge on any atom is -0.480 e. The van der Waals surface area contributed by atoms with Crippen LogP contribution in [0.15, 0.2) is 6.07 Å². The number of rotatable bonds is 4. The molecule has 0 saturated carbocycles. The van der Waals surface area contributed by atoms with E-state index >= 15 is 0 Å². The maximum atomic E-state index is 10.6. The van der Waals surface area contributed by atoms with Crippen LogP contribution in [-0.2, 0) is 18.4 Å². The Hall–Kier alpha value is -1.80. The van der Waals surface area contributed by atoms with E-state index in [9.17, 15) is 4.79 Å². The number of carbonyl (C=O) groups is 1. The predicted octanol–water partition coefficient (Wildman–Crippen LogP) is 0.768. The van der Waals surface area contributed by atoms with Crippen LogP contribution in [0.3, 0.4) is 0 Å². The molecular formula is C11H15N3O2. The van der Waals surface area contributed by atoms with Gasteiger partial charge in [0.1, 0.15) is 17.8 Å². The number of hydrogen-bond acceptors (Lipinski definition) is 3. The minimum absolute atomic E-state index is 0.453. The summed E-state index contributed by atoms with van der Waals surface area (Å²) >= 11 is 0. The SMILES string of the molecule is Cc1c(CNC(C)C(=O)O)cc(C#N)n1C. The maximum Gasteiger partial charge on any atom is 0.320 e. The lowest BCUT2D eigenvalue weighted by atomic mass is 10.2. The summed E-state index contributed by atoms with van der Waals surface area (Å²) in [5.41, 5.74) is 2.51. The van der Waals surface area contributed by atoms with Crippen LogP contribution in [0.25, 0.3) is 0 Å². The standard InChI is InChI=1S/C11H15N3O2/c1-7(11(15)16)13-6-9-4-10(5-12)14(3)8(9)2/h4,7,13H,6H2,1-3H3,(H,15,16). The molecule has 5 nitrogen and oxygen atoms in total. The molecule has 0 spiro atoms. The van der Waals surface area contributed by atoms with Gasteiger partial charge in [0.05, 0.1) is 0 Å². The van der Waals surface area contributed by atoms with Crippen molar-refractivity contribution in [3.63, 3.8) is 0 Å². The Morgan fingerprint density at radius 3 is 2.81 bits per heavy atom. The van der Waals surface area contributed by atoms with Crippen molar-refractivity contribution in [2.75, 3.05) is 0 Å². The molecule has 1 aromatic rings. The van der Waals surface area contributed by atoms with Crippen LogP contribution in [0, 0.1) is 18.3 Å². The average Bonchev–Trinajstić information content (AvgIpc) is 2.52. The second-order valence-corrected chi connectivity index (χ2v) is 3.75. The molecule has 0 radical (unpaired) electrons. The van der Waals surface area contributed by atoms with Crippen molar-refractivity contribution in [2.24, 2.45) is 7.05 Å². The lowest BCUT2D eigenvalue weighted by molar-refractivity contribution is -0.139. The fourth-order valence-electron chi connectivity index (χ4n) is 1.40. The van der Waals surface area contributed by atoms with E-state index in [1.165, 1.54) is 0 Å². The smallest absolute Gasteiger partial charge is 0.320 e. The Bertz CT molecular complexity index is 443. The first-order valence-corrected chi connectivity index (χ1v) is 4.98. The van der Waals surface area contributed by atoms with Crippen molar-refractivity contribution in [1.82, 2.24) is 9.88 Å². The summed E-state index contributed by atoms with van der Waals surface area (Å²) in [6.07, 6.45) is 0. The molecule has 0 bridgehead atoms. The van der Waals surface area contributed by atoms with Gasteiger partial charge in [0, 0.05) is 19.3 Å². The number of hydrogen-bond donors (Lipinski definition) is 2. The highest BCUT2D eigenvalue weighted by Gasteiger charge is 2.12. The highest BCUT2D eigenvalue weighted by Crippen LogP contribution is 2.13. The third-order valence-corrected chi connectivity index (χ3v) is 2.72. The van der Waals surface area contributed by atoms with Gasteiger partial charge in [0.15, 0.2) is 0 Å². The van der Waals surface area contributed by atoms with Crippen LogP contribution < -0.4 is 5.32 Å². The van der Waals surface area contributed by atoms with E-state index in [4.69, 9.17) is 10.4 Å². The van der Waals surface area contributed by atoms with E-state index in [1.807, 2.05) is 14.0 Å². The van der Waals surface area contributed by atoms with Crippen molar-refractivity contribution in [3.8, 4) is 6.07 Å². The lowest BCUT2D eigenvalue weighted by Gasteiger charge is -2.08. The third-order valence-electron chi connectivity index (χ3n) is 2.72. The molecule has 1 atom stereocenters. The fourth-order valence-corrected chi connectivity index (χ4v) is 1.40. The van der Waals surface area contributed by atoms with E-state index in [1.54, 1.807) is 17.6 Å². The van der Waals surface area contributed by atoms with Crippen LogP contribution in [0.1, 0.15) is 23.9 Å². The van der Waals surface area contributed by atoms with Crippen LogP contribution in [0.4, 0.5) is 0 Å². The van der Waals surface area contributed by atoms with E-state index in [2.05, 4.69) is 11.4 Å². The Labute approximate surface area is 94.3 Å². The molecule has 2 N–H and O–H groups in total. The van der Waals surface area contributed by atoms with Gasteiger partial charge < -0.3 is 15.0 Å². The van der Waals surface area contributed by atoms with Crippen LogP contribution in [-0.4, -0.2) is 21.7 Å². The van der Waals surface area contributed by atoms with Gasteiger partial charge in [-0.2, -0.15) is 5.26 Å². The molecular weight excluding hydrogens is 206 g/mol. The molecule has 0 aromatic carbocycles. The van der Waals surface area contributed by atoms with E-state index < -0.39 is 12.0 Å². The highest BCUT2D eigenvalue weighted by molar-refractivity contribution is 5.72. The number of aromatic nitrogens is 1. The topological polar surface area (TPSA) is 78.1 Å². The molecule has 1 rings (SSSR count). The first kappa shape index (κ1) is 12.3. The lowest BCUT2D eigenvalue weighted by Crippen LogP contribution is -2.33. The Balaban J connectivity index is 2.76. The quantitative estimate of drug-likeness (QED) is 0.787. The Morgan fingerprint density at radius 2 is 2.38 bits per heavy atom. The molecule has 0 aliphatic heterocycles. The summed E-state index contributed by atoms with van der Waals surface area (Å²) < 4.78 is 1.79. The van der Waals surface area contributed by atoms with Gasteiger partial charge in [-0.05, 0) is 25.5 Å². The number of nitriles is 1. The largest absolute Gasteiger partial charge is 0.480 e. The summed E-state index contributed by atoms with van der Waals surface area (Å²) in [6.45, 7) is 3.95. The van der Waals surface area contributed by atoms with Gasteiger partial charge in [-0.15, -0.1) is 0 Å². The van der Waals surface area contributed by atoms with E-state index in [0.717, 1.165) is 11.3 Å². The molecule has 0 aliphatic carbocycles. The summed E-state index contributed by atoms with van der Waals surface area (Å²) in [4.78, 5) is 10.6. The van der Waals surface area contributed by atoms with Crippen LogP contribution in [0.5, 0.6) is 0 Å². The number of nitrogens with one attached hydrogen (secondary N) is 1. The van der Waals surface area contributed by atoms with E-state index in [-0.39, 0.29) is 0 Å². The molecule has 0 saturated heterocycles. The van der Waals surface area contributed by atoms with Gasteiger partial charge in [-0.3, -0.25) is 4.79 Å². The molecule has 1 unspecified atom stereocenters. The minimum atomic E-state index is -0.880. The molecule has 16 heavy (non-hydrogen) atoms. The predicted molar refractivity (Wildman–Crippen MR) is 58.8 cm³/mol. The normalized spacial score (nSPS) is 12.1. The number of carboxylic acid groups (broad SMARTS) is 1. The molecule has 0 fully saturated rings. The second kappa shape index (κ2) is 4.81. The number of aliphatic carboxylic acids is 1. The van der Waals surface area contributed by atoms with Crippen molar-refractivity contribution >= 4 is 5.97 Å². The van der Waals surface area contributed by atoms with Gasteiger partial charge in [-0.1, -0.05) is 0 Å². The second-order valence-electron chi connectivity index (χ2n) is 3.75.